The summed E-state index contributed by atoms with van der Waals surface area (Å²) >= 11 is 0. The number of ether oxygens (including phenoxy) is 1. The predicted molar refractivity (Wildman–Crippen MR) is 75.6 cm³/mol. The van der Waals surface area contributed by atoms with Gasteiger partial charge in [0.15, 0.2) is 5.78 Å². The van der Waals surface area contributed by atoms with Gasteiger partial charge in [0, 0.05) is 0 Å². The molecule has 0 aromatic heterocycles. The molecule has 1 rings (SSSR count). The molecular weight excluding hydrogens is 240 g/mol. The summed E-state index contributed by atoms with van der Waals surface area (Å²) in [6.45, 7) is 5.54. The lowest BCUT2D eigenvalue weighted by Gasteiger charge is -2.10. The fourth-order valence-corrected chi connectivity index (χ4v) is 1.77. The molecule has 0 atom stereocenters. The second-order valence-corrected chi connectivity index (χ2v) is 4.41. The van der Waals surface area contributed by atoms with Gasteiger partial charge in [0.1, 0.15) is 5.57 Å². The van der Waals surface area contributed by atoms with Crippen molar-refractivity contribution in [3.8, 4) is 0 Å². The summed E-state index contributed by atoms with van der Waals surface area (Å²) < 4.78 is 5.13. The molecule has 3 nitrogen and oxygen atoms in total. The third kappa shape index (κ3) is 4.36. The molecule has 0 aliphatic rings. The fraction of sp³-hybridized carbons (Fsp3) is 0.375. The summed E-state index contributed by atoms with van der Waals surface area (Å²) in [7, 11) is 0. The SMILES string of the molecule is CCCCOC(=O)C(C(C)=O)=C(C)c1ccccc1. The Labute approximate surface area is 114 Å². The first-order valence-corrected chi connectivity index (χ1v) is 6.52. The smallest absolute Gasteiger partial charge is 0.342 e. The summed E-state index contributed by atoms with van der Waals surface area (Å²) in [6.07, 6.45) is 1.76. The number of esters is 1. The Morgan fingerprint density at radius 3 is 2.26 bits per heavy atom. The van der Waals surface area contributed by atoms with Crippen molar-refractivity contribution in [2.75, 3.05) is 6.61 Å². The molecule has 3 heteroatoms. The number of hydrogen-bond donors (Lipinski definition) is 0. The zero-order chi connectivity index (χ0) is 14.3. The number of benzene rings is 1. The largest absolute Gasteiger partial charge is 0.462 e. The molecule has 0 spiro atoms. The topological polar surface area (TPSA) is 43.4 Å². The van der Waals surface area contributed by atoms with Crippen molar-refractivity contribution < 1.29 is 14.3 Å². The van der Waals surface area contributed by atoms with Crippen LogP contribution in [0.5, 0.6) is 0 Å². The van der Waals surface area contributed by atoms with Gasteiger partial charge in [-0.15, -0.1) is 0 Å². The van der Waals surface area contributed by atoms with Gasteiger partial charge in [-0.1, -0.05) is 43.7 Å². The second kappa shape index (κ2) is 7.52. The first-order valence-electron chi connectivity index (χ1n) is 6.52. The Morgan fingerprint density at radius 2 is 1.74 bits per heavy atom. The van der Waals surface area contributed by atoms with Gasteiger partial charge in [0.25, 0.3) is 0 Å². The zero-order valence-electron chi connectivity index (χ0n) is 11.7. The van der Waals surface area contributed by atoms with E-state index in [-0.39, 0.29) is 11.4 Å². The van der Waals surface area contributed by atoms with Crippen LogP contribution in [0.1, 0.15) is 39.2 Å². The number of rotatable bonds is 6. The number of ketones is 1. The van der Waals surface area contributed by atoms with E-state index >= 15 is 0 Å². The van der Waals surface area contributed by atoms with Crippen molar-refractivity contribution in [3.05, 3.63) is 41.5 Å². The molecule has 0 radical (unpaired) electrons. The lowest BCUT2D eigenvalue weighted by molar-refractivity contribution is -0.140. The minimum Gasteiger partial charge on any atom is -0.462 e. The Bertz CT molecular complexity index is 472. The number of unbranched alkanes of at least 4 members (excludes halogenated alkanes) is 1. The maximum absolute atomic E-state index is 12.0. The average molecular weight is 260 g/mol. The number of allylic oxidation sites excluding steroid dienone is 1. The highest BCUT2D eigenvalue weighted by atomic mass is 16.5. The highest BCUT2D eigenvalue weighted by molar-refractivity contribution is 6.21. The van der Waals surface area contributed by atoms with Gasteiger partial charge < -0.3 is 4.74 Å². The van der Waals surface area contributed by atoms with Gasteiger partial charge in [0.05, 0.1) is 6.61 Å². The number of carbonyl (C=O) groups excluding carboxylic acids is 2. The Morgan fingerprint density at radius 1 is 1.11 bits per heavy atom. The van der Waals surface area contributed by atoms with E-state index in [9.17, 15) is 9.59 Å². The van der Waals surface area contributed by atoms with Gasteiger partial charge in [-0.3, -0.25) is 4.79 Å². The number of carbonyl (C=O) groups is 2. The molecule has 0 fully saturated rings. The molecular formula is C16H20O3. The molecule has 1 aromatic carbocycles. The van der Waals surface area contributed by atoms with E-state index in [1.54, 1.807) is 6.92 Å². The third-order valence-corrected chi connectivity index (χ3v) is 2.87. The normalized spacial score (nSPS) is 11.7. The molecule has 102 valence electrons. The van der Waals surface area contributed by atoms with Crippen LogP contribution in [-0.4, -0.2) is 18.4 Å². The van der Waals surface area contributed by atoms with E-state index in [1.165, 1.54) is 6.92 Å². The summed E-state index contributed by atoms with van der Waals surface area (Å²) in [4.78, 5) is 23.6. The van der Waals surface area contributed by atoms with Crippen molar-refractivity contribution in [3.63, 3.8) is 0 Å². The van der Waals surface area contributed by atoms with E-state index in [2.05, 4.69) is 0 Å². The molecule has 0 aliphatic carbocycles. The molecule has 0 aliphatic heterocycles. The third-order valence-electron chi connectivity index (χ3n) is 2.87. The first kappa shape index (κ1) is 15.2. The Balaban J connectivity index is 2.99. The van der Waals surface area contributed by atoms with Crippen LogP contribution in [0.2, 0.25) is 0 Å². The van der Waals surface area contributed by atoms with Crippen LogP contribution in [0.15, 0.2) is 35.9 Å². The minimum absolute atomic E-state index is 0.141. The lowest BCUT2D eigenvalue weighted by atomic mass is 9.99. The van der Waals surface area contributed by atoms with Crippen LogP contribution < -0.4 is 0 Å². The van der Waals surface area contributed by atoms with Crippen LogP contribution in [0, 0.1) is 0 Å². The van der Waals surface area contributed by atoms with E-state index < -0.39 is 5.97 Å². The summed E-state index contributed by atoms with van der Waals surface area (Å²) in [5.41, 5.74) is 1.66. The molecule has 19 heavy (non-hydrogen) atoms. The quantitative estimate of drug-likeness (QED) is 0.259. The highest BCUT2D eigenvalue weighted by Crippen LogP contribution is 2.19. The maximum atomic E-state index is 12.0. The van der Waals surface area contributed by atoms with Gasteiger partial charge in [-0.05, 0) is 31.4 Å². The molecule has 0 saturated carbocycles. The molecule has 0 unspecified atom stereocenters. The van der Waals surface area contributed by atoms with E-state index in [1.807, 2.05) is 37.3 Å². The van der Waals surface area contributed by atoms with Crippen LogP contribution in [0.25, 0.3) is 5.57 Å². The van der Waals surface area contributed by atoms with Crippen LogP contribution in [0.4, 0.5) is 0 Å². The van der Waals surface area contributed by atoms with E-state index in [0.717, 1.165) is 18.4 Å². The monoisotopic (exact) mass is 260 g/mol. The number of hydrogen-bond acceptors (Lipinski definition) is 3. The summed E-state index contributed by atoms with van der Waals surface area (Å²) in [6, 6.07) is 9.39. The average Bonchev–Trinajstić information content (AvgIpc) is 2.39. The summed E-state index contributed by atoms with van der Waals surface area (Å²) in [5.74, 6) is -0.787. The first-order chi connectivity index (χ1) is 9.07. The predicted octanol–water partition coefficient (Wildman–Crippen LogP) is 3.39. The van der Waals surface area contributed by atoms with Crippen molar-refractivity contribution in [1.29, 1.82) is 0 Å². The summed E-state index contributed by atoms with van der Waals surface area (Å²) in [5, 5.41) is 0. The minimum atomic E-state index is -0.526. The van der Waals surface area contributed by atoms with Crippen LogP contribution in [0.3, 0.4) is 0 Å². The molecule has 0 saturated heterocycles. The second-order valence-electron chi connectivity index (χ2n) is 4.41. The molecule has 0 heterocycles. The zero-order valence-corrected chi connectivity index (χ0v) is 11.7. The molecule has 0 bridgehead atoms. The van der Waals surface area contributed by atoms with Gasteiger partial charge in [0.2, 0.25) is 0 Å². The lowest BCUT2D eigenvalue weighted by Crippen LogP contribution is -2.16. The molecule has 0 N–H and O–H groups in total. The highest BCUT2D eigenvalue weighted by Gasteiger charge is 2.19. The van der Waals surface area contributed by atoms with Crippen molar-refractivity contribution in [2.45, 2.75) is 33.6 Å². The van der Waals surface area contributed by atoms with Crippen molar-refractivity contribution in [1.82, 2.24) is 0 Å². The van der Waals surface area contributed by atoms with Gasteiger partial charge in [-0.25, -0.2) is 4.79 Å². The number of Topliss-reactive ketones (excluding diaryl/α,β-unsaturated/α-hetero) is 1. The molecule has 1 aromatic rings. The van der Waals surface area contributed by atoms with E-state index in [4.69, 9.17) is 4.74 Å². The van der Waals surface area contributed by atoms with Gasteiger partial charge >= 0.3 is 5.97 Å². The maximum Gasteiger partial charge on any atom is 0.342 e. The van der Waals surface area contributed by atoms with Crippen LogP contribution in [-0.2, 0) is 14.3 Å². The van der Waals surface area contributed by atoms with Gasteiger partial charge in [-0.2, -0.15) is 0 Å². The van der Waals surface area contributed by atoms with Crippen molar-refractivity contribution >= 4 is 17.3 Å². The van der Waals surface area contributed by atoms with Crippen LogP contribution >= 0.6 is 0 Å². The van der Waals surface area contributed by atoms with Crippen molar-refractivity contribution in [2.24, 2.45) is 0 Å². The van der Waals surface area contributed by atoms with E-state index in [0.29, 0.717) is 12.2 Å². The molecule has 0 amide bonds. The standard InChI is InChI=1S/C16H20O3/c1-4-5-11-19-16(18)15(13(3)17)12(2)14-9-7-6-8-10-14/h6-10H,4-5,11H2,1-3H3. The Hall–Kier alpha value is -1.90. The Kier molecular flexibility index (Phi) is 6.00. The fourth-order valence-electron chi connectivity index (χ4n) is 1.77.